The summed E-state index contributed by atoms with van der Waals surface area (Å²) >= 11 is 5.65. The Bertz CT molecular complexity index is 1320. The van der Waals surface area contributed by atoms with Crippen LogP contribution in [0.2, 0.25) is 5.02 Å². The number of nitrogens with one attached hydrogen (secondary N) is 4. The summed E-state index contributed by atoms with van der Waals surface area (Å²) < 4.78 is 44.7. The van der Waals surface area contributed by atoms with Crippen LogP contribution in [0.1, 0.15) is 40.0 Å². The Morgan fingerprint density at radius 2 is 1.92 bits per heavy atom. The second-order valence-electron chi connectivity index (χ2n) is 9.07. The molecule has 2 unspecified atom stereocenters. The standard InChI is InChI=1S/C25H24ClF3N4O3/c26-19-6-4-14(11-18(19)25(27,28)29)32-24(35)31-13-5-7-20-17(10-13)22-16(2-1-3-21(22)33-20)23(34)30-15-8-9-36-12-15/h1-4,6,11,13,15,33H,5,7-10,12H2,(H,30,34)(H2,31,32,35). The molecule has 11 heteroatoms. The minimum Gasteiger partial charge on any atom is -0.379 e. The molecule has 7 nitrogen and oxygen atoms in total. The lowest BCUT2D eigenvalue weighted by Gasteiger charge is -2.24. The van der Waals surface area contributed by atoms with Gasteiger partial charge in [-0.1, -0.05) is 17.7 Å². The van der Waals surface area contributed by atoms with Crippen molar-refractivity contribution >= 4 is 40.1 Å². The fourth-order valence-corrected chi connectivity index (χ4v) is 5.10. The van der Waals surface area contributed by atoms with Crippen molar-refractivity contribution in [3.05, 3.63) is 63.8 Å². The Kier molecular flexibility index (Phi) is 6.57. The van der Waals surface area contributed by atoms with Gasteiger partial charge in [0.05, 0.1) is 23.2 Å². The third-order valence-electron chi connectivity index (χ3n) is 6.58. The molecule has 2 heterocycles. The number of ether oxygens (including phenoxy) is 1. The Balaban J connectivity index is 1.31. The van der Waals surface area contributed by atoms with E-state index in [9.17, 15) is 22.8 Å². The molecule has 1 saturated heterocycles. The number of carbonyl (C=O) groups is 2. The van der Waals surface area contributed by atoms with Crippen LogP contribution in [0.3, 0.4) is 0 Å². The molecule has 2 aromatic carbocycles. The number of rotatable bonds is 4. The van der Waals surface area contributed by atoms with Crippen LogP contribution < -0.4 is 16.0 Å². The molecule has 4 N–H and O–H groups in total. The highest BCUT2D eigenvalue weighted by atomic mass is 35.5. The summed E-state index contributed by atoms with van der Waals surface area (Å²) in [6, 6.07) is 7.85. The van der Waals surface area contributed by atoms with E-state index in [1.807, 2.05) is 12.1 Å². The zero-order valence-electron chi connectivity index (χ0n) is 19.1. The molecular formula is C25H24ClF3N4O3. The predicted octanol–water partition coefficient (Wildman–Crippen LogP) is 5.04. The van der Waals surface area contributed by atoms with E-state index in [0.29, 0.717) is 38.0 Å². The van der Waals surface area contributed by atoms with E-state index in [4.69, 9.17) is 16.3 Å². The lowest BCUT2D eigenvalue weighted by molar-refractivity contribution is -0.137. The number of aryl methyl sites for hydroxylation is 1. The van der Waals surface area contributed by atoms with Crippen LogP contribution in [0.15, 0.2) is 36.4 Å². The molecule has 3 amide bonds. The van der Waals surface area contributed by atoms with Crippen LogP contribution >= 0.6 is 11.6 Å². The molecule has 0 spiro atoms. The Hall–Kier alpha value is -3.24. The first-order valence-corrected chi connectivity index (χ1v) is 12.0. The zero-order valence-corrected chi connectivity index (χ0v) is 19.9. The van der Waals surface area contributed by atoms with Gasteiger partial charge >= 0.3 is 12.2 Å². The SMILES string of the molecule is O=C(Nc1ccc(Cl)c(C(F)(F)F)c1)NC1CCc2[nH]c3cccc(C(=O)NC4CCOC4)c3c2C1. The van der Waals surface area contributed by atoms with Gasteiger partial charge in [0.25, 0.3) is 5.91 Å². The van der Waals surface area contributed by atoms with Crippen molar-refractivity contribution < 1.29 is 27.5 Å². The van der Waals surface area contributed by atoms with Crippen LogP contribution in [0.25, 0.3) is 10.9 Å². The van der Waals surface area contributed by atoms with Crippen LogP contribution in [-0.2, 0) is 23.8 Å². The molecule has 36 heavy (non-hydrogen) atoms. The minimum absolute atomic E-state index is 0.0114. The first kappa shape index (κ1) is 24.5. The summed E-state index contributed by atoms with van der Waals surface area (Å²) in [5.41, 5.74) is 2.35. The van der Waals surface area contributed by atoms with E-state index in [1.54, 1.807) is 6.07 Å². The molecule has 1 fully saturated rings. The average Bonchev–Trinajstić information content (AvgIpc) is 3.46. The molecule has 1 aliphatic heterocycles. The molecule has 190 valence electrons. The van der Waals surface area contributed by atoms with Crippen molar-refractivity contribution in [2.45, 2.75) is 43.9 Å². The fourth-order valence-electron chi connectivity index (χ4n) is 4.87. The third-order valence-corrected chi connectivity index (χ3v) is 6.91. The number of hydrogen-bond donors (Lipinski definition) is 4. The van der Waals surface area contributed by atoms with Crippen molar-refractivity contribution in [2.75, 3.05) is 18.5 Å². The zero-order chi connectivity index (χ0) is 25.4. The third kappa shape index (κ3) is 5.01. The summed E-state index contributed by atoms with van der Waals surface area (Å²) in [5.74, 6) is -0.172. The van der Waals surface area contributed by atoms with Gasteiger partial charge in [0.15, 0.2) is 0 Å². The Morgan fingerprint density at radius 1 is 1.08 bits per heavy atom. The number of aromatic amines is 1. The van der Waals surface area contributed by atoms with Gasteiger partial charge in [0.1, 0.15) is 0 Å². The van der Waals surface area contributed by atoms with Gasteiger partial charge < -0.3 is 25.7 Å². The largest absolute Gasteiger partial charge is 0.417 e. The van der Waals surface area contributed by atoms with Crippen molar-refractivity contribution in [3.8, 4) is 0 Å². The van der Waals surface area contributed by atoms with Crippen molar-refractivity contribution in [1.29, 1.82) is 0 Å². The van der Waals surface area contributed by atoms with Crippen molar-refractivity contribution in [1.82, 2.24) is 15.6 Å². The van der Waals surface area contributed by atoms with E-state index in [0.717, 1.165) is 40.7 Å². The van der Waals surface area contributed by atoms with E-state index in [1.165, 1.54) is 6.07 Å². The Morgan fingerprint density at radius 3 is 2.67 bits per heavy atom. The lowest BCUT2D eigenvalue weighted by Crippen LogP contribution is -2.41. The topological polar surface area (TPSA) is 95.3 Å². The molecule has 2 atom stereocenters. The van der Waals surface area contributed by atoms with E-state index < -0.39 is 22.8 Å². The second-order valence-corrected chi connectivity index (χ2v) is 9.48. The molecule has 0 bridgehead atoms. The van der Waals surface area contributed by atoms with Crippen LogP contribution in [0.5, 0.6) is 0 Å². The maximum Gasteiger partial charge on any atom is 0.417 e. The number of halogens is 4. The molecule has 1 aromatic heterocycles. The predicted molar refractivity (Wildman–Crippen MR) is 129 cm³/mol. The van der Waals surface area contributed by atoms with E-state index >= 15 is 0 Å². The number of fused-ring (bicyclic) bond motifs is 3. The number of hydrogen-bond acceptors (Lipinski definition) is 3. The lowest BCUT2D eigenvalue weighted by atomic mass is 9.90. The highest BCUT2D eigenvalue weighted by Gasteiger charge is 2.33. The Labute approximate surface area is 209 Å². The summed E-state index contributed by atoms with van der Waals surface area (Å²) in [4.78, 5) is 29.0. The summed E-state index contributed by atoms with van der Waals surface area (Å²) in [6.07, 6.45) is -2.08. The molecule has 1 aliphatic carbocycles. The second kappa shape index (κ2) is 9.67. The van der Waals surface area contributed by atoms with Gasteiger partial charge in [-0.15, -0.1) is 0 Å². The summed E-state index contributed by atoms with van der Waals surface area (Å²) in [6.45, 7) is 1.11. The van der Waals surface area contributed by atoms with Gasteiger partial charge in [-0.2, -0.15) is 13.2 Å². The van der Waals surface area contributed by atoms with Crippen LogP contribution in [-0.4, -0.2) is 42.2 Å². The van der Waals surface area contributed by atoms with Crippen molar-refractivity contribution in [2.24, 2.45) is 0 Å². The quantitative estimate of drug-likeness (QED) is 0.388. The van der Waals surface area contributed by atoms with Crippen LogP contribution in [0.4, 0.5) is 23.7 Å². The number of alkyl halides is 3. The number of benzene rings is 2. The monoisotopic (exact) mass is 520 g/mol. The molecule has 0 radical (unpaired) electrons. The van der Waals surface area contributed by atoms with Gasteiger partial charge in [-0.25, -0.2) is 4.79 Å². The highest BCUT2D eigenvalue weighted by Crippen LogP contribution is 2.36. The average molecular weight is 521 g/mol. The van der Waals surface area contributed by atoms with E-state index in [2.05, 4.69) is 20.9 Å². The van der Waals surface area contributed by atoms with Gasteiger partial charge in [-0.05, 0) is 61.6 Å². The highest BCUT2D eigenvalue weighted by molar-refractivity contribution is 6.31. The van der Waals surface area contributed by atoms with Gasteiger partial charge in [-0.3, -0.25) is 4.79 Å². The first-order chi connectivity index (χ1) is 17.2. The normalized spacial score (nSPS) is 19.7. The number of amides is 3. The maximum absolute atomic E-state index is 13.1. The smallest absolute Gasteiger partial charge is 0.379 e. The molecule has 2 aliphatic rings. The summed E-state index contributed by atoms with van der Waals surface area (Å²) in [5, 5.41) is 8.72. The van der Waals surface area contributed by atoms with Crippen LogP contribution in [0, 0.1) is 0 Å². The fraction of sp³-hybridized carbons (Fsp3) is 0.360. The number of urea groups is 1. The molecular weight excluding hydrogens is 497 g/mol. The first-order valence-electron chi connectivity index (χ1n) is 11.6. The number of H-pyrrole nitrogens is 1. The number of carbonyl (C=O) groups excluding carboxylic acids is 2. The number of anilines is 1. The molecule has 5 rings (SSSR count). The summed E-state index contributed by atoms with van der Waals surface area (Å²) in [7, 11) is 0. The van der Waals surface area contributed by atoms with Gasteiger partial charge in [0.2, 0.25) is 0 Å². The van der Waals surface area contributed by atoms with Gasteiger partial charge in [0, 0.05) is 40.5 Å². The number of aromatic nitrogens is 1. The van der Waals surface area contributed by atoms with Crippen molar-refractivity contribution in [3.63, 3.8) is 0 Å². The molecule has 0 saturated carbocycles. The minimum atomic E-state index is -4.63. The maximum atomic E-state index is 13.1. The molecule has 3 aromatic rings. The van der Waals surface area contributed by atoms with E-state index in [-0.39, 0.29) is 23.7 Å².